The van der Waals surface area contributed by atoms with Crippen molar-refractivity contribution in [2.75, 3.05) is 5.32 Å². The average molecular weight is 283 g/mol. The van der Waals surface area contributed by atoms with E-state index in [2.05, 4.69) is 10.3 Å². The fraction of sp³-hybridized carbons (Fsp3) is 0.235. The molecule has 0 aliphatic heterocycles. The highest BCUT2D eigenvalue weighted by atomic mass is 19.1. The Morgan fingerprint density at radius 2 is 1.95 bits per heavy atom. The second kappa shape index (κ2) is 5.20. The summed E-state index contributed by atoms with van der Waals surface area (Å²) in [5.41, 5.74) is 3.56. The van der Waals surface area contributed by atoms with Gasteiger partial charge in [0.15, 0.2) is 0 Å². The van der Waals surface area contributed by atoms with Gasteiger partial charge in [-0.1, -0.05) is 18.2 Å². The van der Waals surface area contributed by atoms with Crippen molar-refractivity contribution in [3.63, 3.8) is 0 Å². The number of imidazole rings is 1. The maximum absolute atomic E-state index is 13.9. The van der Waals surface area contributed by atoms with E-state index in [4.69, 9.17) is 0 Å². The van der Waals surface area contributed by atoms with Gasteiger partial charge in [-0.3, -0.25) is 0 Å². The Balaban J connectivity index is 1.95. The second-order valence-corrected chi connectivity index (χ2v) is 5.37. The van der Waals surface area contributed by atoms with E-state index in [0.29, 0.717) is 5.69 Å². The van der Waals surface area contributed by atoms with Crippen molar-refractivity contribution >= 4 is 16.7 Å². The van der Waals surface area contributed by atoms with Gasteiger partial charge < -0.3 is 9.88 Å². The summed E-state index contributed by atoms with van der Waals surface area (Å²) in [6, 6.07) is 13.0. The van der Waals surface area contributed by atoms with Crippen LogP contribution >= 0.6 is 0 Å². The third-order valence-corrected chi connectivity index (χ3v) is 3.70. The number of rotatable bonds is 3. The average Bonchev–Trinajstić information content (AvgIpc) is 2.81. The van der Waals surface area contributed by atoms with Gasteiger partial charge in [-0.15, -0.1) is 0 Å². The molecule has 0 saturated carbocycles. The molecule has 0 saturated heterocycles. The Morgan fingerprint density at radius 3 is 2.71 bits per heavy atom. The van der Waals surface area contributed by atoms with Crippen molar-refractivity contribution < 1.29 is 4.39 Å². The Hall–Kier alpha value is -2.36. The molecule has 1 heterocycles. The quantitative estimate of drug-likeness (QED) is 0.781. The molecule has 3 rings (SSSR count). The number of aromatic nitrogens is 2. The van der Waals surface area contributed by atoms with Gasteiger partial charge in [-0.25, -0.2) is 9.37 Å². The normalized spacial score (nSPS) is 12.6. The van der Waals surface area contributed by atoms with Crippen molar-refractivity contribution in [3.8, 4) is 0 Å². The minimum Gasteiger partial charge on any atom is -0.373 e. The monoisotopic (exact) mass is 283 g/mol. The highest BCUT2D eigenvalue weighted by Gasteiger charge is 2.15. The van der Waals surface area contributed by atoms with E-state index in [0.717, 1.165) is 22.4 Å². The van der Waals surface area contributed by atoms with Gasteiger partial charge in [0, 0.05) is 7.05 Å². The molecule has 1 unspecified atom stereocenters. The molecule has 1 N–H and O–H groups in total. The first-order valence-corrected chi connectivity index (χ1v) is 7.00. The number of benzene rings is 2. The van der Waals surface area contributed by atoms with Crippen molar-refractivity contribution in [2.45, 2.75) is 19.9 Å². The summed E-state index contributed by atoms with van der Waals surface area (Å²) >= 11 is 0. The molecular weight excluding hydrogens is 265 g/mol. The first kappa shape index (κ1) is 13.6. The van der Waals surface area contributed by atoms with Crippen LogP contribution in [0.25, 0.3) is 11.0 Å². The minimum atomic E-state index is -0.244. The molecule has 0 fully saturated rings. The Kier molecular flexibility index (Phi) is 3.37. The SMILES string of the molecule is Cc1ccc(F)c(NC(C)c2nc3ccccc3n2C)c1. The van der Waals surface area contributed by atoms with Crippen LogP contribution in [0.4, 0.5) is 10.1 Å². The summed E-state index contributed by atoms with van der Waals surface area (Å²) in [4.78, 5) is 4.64. The van der Waals surface area contributed by atoms with Crippen LogP contribution in [0.5, 0.6) is 0 Å². The van der Waals surface area contributed by atoms with Crippen molar-refractivity contribution in [1.29, 1.82) is 0 Å². The number of halogens is 1. The number of hydrogen-bond donors (Lipinski definition) is 1. The van der Waals surface area contributed by atoms with Crippen LogP contribution in [0.2, 0.25) is 0 Å². The molecule has 3 aromatic rings. The third kappa shape index (κ3) is 2.49. The Bertz CT molecular complexity index is 792. The molecule has 2 aromatic carbocycles. The Morgan fingerprint density at radius 1 is 1.19 bits per heavy atom. The van der Waals surface area contributed by atoms with Gasteiger partial charge in [-0.2, -0.15) is 0 Å². The molecule has 1 atom stereocenters. The first-order valence-electron chi connectivity index (χ1n) is 7.00. The number of anilines is 1. The molecule has 0 bridgehead atoms. The fourth-order valence-electron chi connectivity index (χ4n) is 2.60. The summed E-state index contributed by atoms with van der Waals surface area (Å²) in [6.07, 6.45) is 0. The zero-order chi connectivity index (χ0) is 15.0. The zero-order valence-electron chi connectivity index (χ0n) is 12.4. The van der Waals surface area contributed by atoms with E-state index in [1.54, 1.807) is 6.07 Å². The zero-order valence-corrected chi connectivity index (χ0v) is 12.4. The van der Waals surface area contributed by atoms with Crippen LogP contribution in [0.3, 0.4) is 0 Å². The largest absolute Gasteiger partial charge is 0.373 e. The predicted molar refractivity (Wildman–Crippen MR) is 83.9 cm³/mol. The van der Waals surface area contributed by atoms with E-state index in [9.17, 15) is 4.39 Å². The van der Waals surface area contributed by atoms with Gasteiger partial charge >= 0.3 is 0 Å². The molecular formula is C17H18FN3. The van der Waals surface area contributed by atoms with Crippen LogP contribution in [-0.4, -0.2) is 9.55 Å². The molecule has 0 spiro atoms. The van der Waals surface area contributed by atoms with Crippen LogP contribution < -0.4 is 5.32 Å². The highest BCUT2D eigenvalue weighted by molar-refractivity contribution is 5.76. The summed E-state index contributed by atoms with van der Waals surface area (Å²) in [7, 11) is 1.98. The molecule has 0 aliphatic rings. The molecule has 4 heteroatoms. The molecule has 0 amide bonds. The fourth-order valence-corrected chi connectivity index (χ4v) is 2.60. The molecule has 21 heavy (non-hydrogen) atoms. The number of hydrogen-bond acceptors (Lipinski definition) is 2. The molecule has 0 aliphatic carbocycles. The number of aryl methyl sites for hydroxylation is 2. The topological polar surface area (TPSA) is 29.9 Å². The minimum absolute atomic E-state index is 0.0845. The number of nitrogens with one attached hydrogen (secondary N) is 1. The lowest BCUT2D eigenvalue weighted by Crippen LogP contribution is -2.13. The van der Waals surface area contributed by atoms with Gasteiger partial charge in [0.1, 0.15) is 11.6 Å². The van der Waals surface area contributed by atoms with E-state index in [-0.39, 0.29) is 11.9 Å². The van der Waals surface area contributed by atoms with Crippen molar-refractivity contribution in [3.05, 3.63) is 59.7 Å². The Labute approximate surface area is 123 Å². The van der Waals surface area contributed by atoms with Gasteiger partial charge in [0.05, 0.1) is 22.8 Å². The van der Waals surface area contributed by atoms with Crippen LogP contribution in [0.1, 0.15) is 24.4 Å². The second-order valence-electron chi connectivity index (χ2n) is 5.37. The van der Waals surface area contributed by atoms with Crippen molar-refractivity contribution in [1.82, 2.24) is 9.55 Å². The third-order valence-electron chi connectivity index (χ3n) is 3.70. The molecule has 1 aromatic heterocycles. The molecule has 3 nitrogen and oxygen atoms in total. The summed E-state index contributed by atoms with van der Waals surface area (Å²) in [6.45, 7) is 3.94. The summed E-state index contributed by atoms with van der Waals surface area (Å²) in [5.74, 6) is 0.642. The maximum Gasteiger partial charge on any atom is 0.146 e. The van der Waals surface area contributed by atoms with Crippen LogP contribution in [0.15, 0.2) is 42.5 Å². The number of fused-ring (bicyclic) bond motifs is 1. The van der Waals surface area contributed by atoms with Gasteiger partial charge in [-0.05, 0) is 43.7 Å². The lowest BCUT2D eigenvalue weighted by atomic mass is 10.2. The van der Waals surface area contributed by atoms with Crippen molar-refractivity contribution in [2.24, 2.45) is 7.05 Å². The molecule has 108 valence electrons. The predicted octanol–water partition coefficient (Wildman–Crippen LogP) is 4.19. The summed E-state index contributed by atoms with van der Waals surface area (Å²) < 4.78 is 15.9. The van der Waals surface area contributed by atoms with Gasteiger partial charge in [0.2, 0.25) is 0 Å². The van der Waals surface area contributed by atoms with Gasteiger partial charge in [0.25, 0.3) is 0 Å². The number of nitrogens with zero attached hydrogens (tertiary/aromatic N) is 2. The summed E-state index contributed by atoms with van der Waals surface area (Å²) in [5, 5.41) is 3.21. The smallest absolute Gasteiger partial charge is 0.146 e. The molecule has 0 radical (unpaired) electrons. The van der Waals surface area contributed by atoms with Crippen LogP contribution in [0, 0.1) is 12.7 Å². The first-order chi connectivity index (χ1) is 10.1. The van der Waals surface area contributed by atoms with Crippen LogP contribution in [-0.2, 0) is 7.05 Å². The standard InChI is InChI=1S/C17H18FN3/c1-11-8-9-13(18)15(10-11)19-12(2)17-20-14-6-4-5-7-16(14)21(17)3/h4-10,12,19H,1-3H3. The lowest BCUT2D eigenvalue weighted by Gasteiger charge is -2.16. The van der Waals surface area contributed by atoms with E-state index < -0.39 is 0 Å². The lowest BCUT2D eigenvalue weighted by molar-refractivity contribution is 0.624. The highest BCUT2D eigenvalue weighted by Crippen LogP contribution is 2.24. The van der Waals surface area contributed by atoms with E-state index in [1.165, 1.54) is 6.07 Å². The number of para-hydroxylation sites is 2. The van der Waals surface area contributed by atoms with E-state index in [1.807, 2.05) is 55.8 Å². The van der Waals surface area contributed by atoms with E-state index >= 15 is 0 Å². The maximum atomic E-state index is 13.9.